The average molecular weight is 311 g/mol. The first-order valence-electron chi connectivity index (χ1n) is 9.05. The number of rotatable bonds is 2. The molecule has 2 heteroatoms. The molecule has 1 aromatic rings. The van der Waals surface area contributed by atoms with E-state index >= 15 is 0 Å². The summed E-state index contributed by atoms with van der Waals surface area (Å²) >= 11 is 0. The molecule has 0 radical (unpaired) electrons. The Bertz CT molecular complexity index is 490. The third kappa shape index (κ3) is 7.32. The zero-order valence-corrected chi connectivity index (χ0v) is 14.0. The first-order valence-corrected chi connectivity index (χ1v) is 9.05. The molecular formula is C21H29NO. The third-order valence-corrected chi connectivity index (χ3v) is 4.46. The molecule has 1 fully saturated rings. The van der Waals surface area contributed by atoms with Crippen LogP contribution in [0.4, 0.5) is 5.69 Å². The Morgan fingerprint density at radius 1 is 0.696 bits per heavy atom. The molecule has 1 aliphatic rings. The molecule has 0 heterocycles. The summed E-state index contributed by atoms with van der Waals surface area (Å²) in [7, 11) is 0. The fourth-order valence-corrected chi connectivity index (χ4v) is 3.09. The van der Waals surface area contributed by atoms with Crippen LogP contribution in [0.2, 0.25) is 0 Å². The minimum atomic E-state index is 0.164. The second kappa shape index (κ2) is 10.8. The summed E-state index contributed by atoms with van der Waals surface area (Å²) < 4.78 is 0. The van der Waals surface area contributed by atoms with E-state index < -0.39 is 0 Å². The summed E-state index contributed by atoms with van der Waals surface area (Å²) in [5.74, 6) is 0.351. The van der Waals surface area contributed by atoms with Crippen molar-refractivity contribution in [2.75, 3.05) is 5.32 Å². The predicted octanol–water partition coefficient (Wildman–Crippen LogP) is 5.89. The zero-order valence-electron chi connectivity index (χ0n) is 14.0. The van der Waals surface area contributed by atoms with Crippen LogP contribution in [0, 0.1) is 5.92 Å². The number of amides is 1. The molecule has 2 nitrogen and oxygen atoms in total. The van der Waals surface area contributed by atoms with Gasteiger partial charge in [-0.2, -0.15) is 0 Å². The molecule has 0 saturated heterocycles. The van der Waals surface area contributed by atoms with Crippen LogP contribution >= 0.6 is 0 Å². The fraction of sp³-hybridized carbons (Fsp3) is 0.476. The van der Waals surface area contributed by atoms with E-state index in [1.165, 1.54) is 44.9 Å². The topological polar surface area (TPSA) is 29.1 Å². The summed E-state index contributed by atoms with van der Waals surface area (Å²) in [6.07, 6.45) is 11.0. The Morgan fingerprint density at radius 3 is 1.65 bits per heavy atom. The van der Waals surface area contributed by atoms with E-state index in [-0.39, 0.29) is 11.8 Å². The van der Waals surface area contributed by atoms with Gasteiger partial charge in [-0.05, 0) is 25.0 Å². The SMILES string of the molecule is O=C(Nc1ccccccccc1)C1CCCCCCCCC1. The van der Waals surface area contributed by atoms with Gasteiger partial charge in [-0.25, -0.2) is 0 Å². The molecule has 0 unspecified atom stereocenters. The number of hydrogen-bond donors (Lipinski definition) is 1. The van der Waals surface area contributed by atoms with Gasteiger partial charge in [0.05, 0.1) is 0 Å². The van der Waals surface area contributed by atoms with Crippen LogP contribution in [0.15, 0.2) is 54.6 Å². The maximum absolute atomic E-state index is 12.6. The first-order chi connectivity index (χ1) is 11.4. The fourth-order valence-electron chi connectivity index (χ4n) is 3.09. The highest BCUT2D eigenvalue weighted by Crippen LogP contribution is 2.22. The third-order valence-electron chi connectivity index (χ3n) is 4.46. The molecule has 0 atom stereocenters. The molecule has 1 N–H and O–H groups in total. The molecular weight excluding hydrogens is 282 g/mol. The highest BCUT2D eigenvalue weighted by molar-refractivity contribution is 5.92. The van der Waals surface area contributed by atoms with Gasteiger partial charge in [-0.3, -0.25) is 4.79 Å². The lowest BCUT2D eigenvalue weighted by Gasteiger charge is -2.18. The van der Waals surface area contributed by atoms with Crippen molar-refractivity contribution in [2.24, 2.45) is 5.92 Å². The van der Waals surface area contributed by atoms with Crippen LogP contribution in [0.25, 0.3) is 0 Å². The lowest BCUT2D eigenvalue weighted by molar-refractivity contribution is -0.120. The Kier molecular flexibility index (Phi) is 8.25. The highest BCUT2D eigenvalue weighted by Gasteiger charge is 2.18. The number of hydrogen-bond acceptors (Lipinski definition) is 1. The van der Waals surface area contributed by atoms with Crippen LogP contribution in [-0.4, -0.2) is 5.91 Å². The monoisotopic (exact) mass is 311 g/mol. The Labute approximate surface area is 140 Å². The smallest absolute Gasteiger partial charge is 0.227 e. The zero-order chi connectivity index (χ0) is 16.2. The van der Waals surface area contributed by atoms with E-state index in [0.29, 0.717) is 0 Å². The van der Waals surface area contributed by atoms with Gasteiger partial charge in [0.1, 0.15) is 0 Å². The summed E-state index contributed by atoms with van der Waals surface area (Å²) in [6.45, 7) is 0. The van der Waals surface area contributed by atoms with Crippen LogP contribution in [0.3, 0.4) is 0 Å². The van der Waals surface area contributed by atoms with Gasteiger partial charge in [-0.15, -0.1) is 0 Å². The van der Waals surface area contributed by atoms with E-state index in [2.05, 4.69) is 5.32 Å². The number of anilines is 1. The quantitative estimate of drug-likeness (QED) is 0.725. The van der Waals surface area contributed by atoms with Gasteiger partial charge in [0, 0.05) is 11.6 Å². The van der Waals surface area contributed by atoms with Crippen molar-refractivity contribution in [2.45, 2.75) is 57.8 Å². The molecule has 0 aliphatic heterocycles. The molecule has 0 aromatic heterocycles. The largest absolute Gasteiger partial charge is 0.326 e. The Balaban J connectivity index is 2.01. The lowest BCUT2D eigenvalue weighted by Crippen LogP contribution is -2.23. The average Bonchev–Trinajstić information content (AvgIpc) is 2.58. The van der Waals surface area contributed by atoms with E-state index in [1.807, 2.05) is 54.6 Å². The van der Waals surface area contributed by atoms with E-state index in [0.717, 1.165) is 18.5 Å². The van der Waals surface area contributed by atoms with Gasteiger partial charge in [0.2, 0.25) is 5.91 Å². The van der Waals surface area contributed by atoms with Crippen molar-refractivity contribution in [1.82, 2.24) is 0 Å². The van der Waals surface area contributed by atoms with Crippen molar-refractivity contribution in [3.8, 4) is 0 Å². The van der Waals surface area contributed by atoms with E-state index in [4.69, 9.17) is 0 Å². The molecule has 1 aliphatic carbocycles. The van der Waals surface area contributed by atoms with Crippen molar-refractivity contribution < 1.29 is 4.79 Å². The Morgan fingerprint density at radius 2 is 1.13 bits per heavy atom. The second-order valence-corrected chi connectivity index (χ2v) is 6.37. The van der Waals surface area contributed by atoms with Crippen molar-refractivity contribution in [3.05, 3.63) is 54.6 Å². The first kappa shape index (κ1) is 17.5. The molecule has 0 spiro atoms. The summed E-state index contributed by atoms with van der Waals surface area (Å²) in [4.78, 5) is 12.6. The highest BCUT2D eigenvalue weighted by atomic mass is 16.1. The number of carbonyl (C=O) groups excluding carboxylic acids is 1. The van der Waals surface area contributed by atoms with Gasteiger partial charge in [0.25, 0.3) is 0 Å². The van der Waals surface area contributed by atoms with Gasteiger partial charge < -0.3 is 5.32 Å². The number of carbonyl (C=O) groups is 1. The molecule has 1 aromatic carbocycles. The van der Waals surface area contributed by atoms with Crippen molar-refractivity contribution >= 4 is 11.6 Å². The molecule has 23 heavy (non-hydrogen) atoms. The standard InChI is InChI=1S/C21H29NO/c23-21(19-15-11-7-3-1-4-8-12-16-19)22-20-17-13-9-5-2-6-10-14-18-20/h2,5-6,9-10,13-14,17-19H,1,3-4,7-8,11-12,15-16H2,(H,22,23). The molecule has 0 bridgehead atoms. The minimum Gasteiger partial charge on any atom is -0.326 e. The number of nitrogens with one attached hydrogen (secondary N) is 1. The Hall–Kier alpha value is -1.83. The second-order valence-electron chi connectivity index (χ2n) is 6.37. The predicted molar refractivity (Wildman–Crippen MR) is 97.7 cm³/mol. The summed E-state index contributed by atoms with van der Waals surface area (Å²) in [5.41, 5.74) is 0.864. The van der Waals surface area contributed by atoms with Gasteiger partial charge >= 0.3 is 0 Å². The summed E-state index contributed by atoms with van der Waals surface area (Å²) in [5, 5.41) is 3.11. The lowest BCUT2D eigenvalue weighted by atomic mass is 9.91. The van der Waals surface area contributed by atoms with Crippen LogP contribution < -0.4 is 5.32 Å². The van der Waals surface area contributed by atoms with Crippen LogP contribution in [-0.2, 0) is 4.79 Å². The van der Waals surface area contributed by atoms with Crippen molar-refractivity contribution in [1.29, 1.82) is 0 Å². The molecule has 124 valence electrons. The van der Waals surface area contributed by atoms with Gasteiger partial charge in [0.15, 0.2) is 0 Å². The normalized spacial score (nSPS) is 16.9. The summed E-state index contributed by atoms with van der Waals surface area (Å²) in [6, 6.07) is 17.7. The van der Waals surface area contributed by atoms with Crippen LogP contribution in [0.5, 0.6) is 0 Å². The molecule has 1 saturated carbocycles. The van der Waals surface area contributed by atoms with Crippen LogP contribution in [0.1, 0.15) is 57.8 Å². The molecule has 2 rings (SSSR count). The van der Waals surface area contributed by atoms with Gasteiger partial charge in [-0.1, -0.05) is 87.4 Å². The van der Waals surface area contributed by atoms with Crippen molar-refractivity contribution in [3.63, 3.8) is 0 Å². The maximum Gasteiger partial charge on any atom is 0.227 e. The molecule has 1 amide bonds. The van der Waals surface area contributed by atoms with E-state index in [9.17, 15) is 4.79 Å². The minimum absolute atomic E-state index is 0.164. The maximum atomic E-state index is 12.6. The van der Waals surface area contributed by atoms with E-state index in [1.54, 1.807) is 0 Å².